The highest BCUT2D eigenvalue weighted by Gasteiger charge is 2.18. The number of benzene rings is 1. The Kier molecular flexibility index (Phi) is 4.03. The molecule has 0 atom stereocenters. The maximum atomic E-state index is 12.8. The number of hydrogen-bond acceptors (Lipinski definition) is 4. The van der Waals surface area contributed by atoms with Gasteiger partial charge in [-0.25, -0.2) is 0 Å². The van der Waals surface area contributed by atoms with Crippen LogP contribution in [0.15, 0.2) is 35.4 Å². The van der Waals surface area contributed by atoms with Crippen LogP contribution in [0.5, 0.6) is 0 Å². The van der Waals surface area contributed by atoms with Crippen molar-refractivity contribution in [1.82, 2.24) is 19.6 Å². The second-order valence-corrected chi connectivity index (χ2v) is 6.96. The van der Waals surface area contributed by atoms with Crippen LogP contribution in [-0.4, -0.2) is 32.7 Å². The van der Waals surface area contributed by atoms with E-state index < -0.39 is 0 Å². The summed E-state index contributed by atoms with van der Waals surface area (Å²) < 4.78 is 1.33. The molecule has 1 fully saturated rings. The van der Waals surface area contributed by atoms with Crippen LogP contribution >= 0.6 is 0 Å². The molecule has 6 nitrogen and oxygen atoms in total. The Morgan fingerprint density at radius 2 is 1.80 bits per heavy atom. The van der Waals surface area contributed by atoms with Gasteiger partial charge in [-0.2, -0.15) is 14.6 Å². The normalized spacial score (nSPS) is 15.2. The standard InChI is InChI=1S/C19H23N5O/c1-13(2)16-17(22-19-20-12-21-24(19)18(16)25)14-6-8-15(9-7-14)23-10-4-3-5-11-23/h6-9,12-13H,3-5,10-11H2,1-2H3,(H,20,21,22). The fourth-order valence-electron chi connectivity index (χ4n) is 3.63. The molecular formula is C19H23N5O. The summed E-state index contributed by atoms with van der Waals surface area (Å²) in [4.78, 5) is 22.6. The zero-order chi connectivity index (χ0) is 17.4. The molecule has 0 aliphatic carbocycles. The first-order chi connectivity index (χ1) is 12.1. The monoisotopic (exact) mass is 337 g/mol. The van der Waals surface area contributed by atoms with Crippen LogP contribution in [0.2, 0.25) is 0 Å². The van der Waals surface area contributed by atoms with Crippen molar-refractivity contribution in [1.29, 1.82) is 0 Å². The summed E-state index contributed by atoms with van der Waals surface area (Å²) >= 11 is 0. The highest BCUT2D eigenvalue weighted by atomic mass is 16.1. The molecule has 6 heteroatoms. The number of aromatic amines is 1. The molecule has 0 amide bonds. The lowest BCUT2D eigenvalue weighted by molar-refractivity contribution is 0.578. The van der Waals surface area contributed by atoms with Crippen molar-refractivity contribution in [3.8, 4) is 11.3 Å². The van der Waals surface area contributed by atoms with Gasteiger partial charge in [-0.3, -0.25) is 4.79 Å². The van der Waals surface area contributed by atoms with Crippen molar-refractivity contribution >= 4 is 11.5 Å². The first kappa shape index (κ1) is 15.9. The number of fused-ring (bicyclic) bond motifs is 1. The number of anilines is 1. The lowest BCUT2D eigenvalue weighted by Crippen LogP contribution is -2.29. The van der Waals surface area contributed by atoms with Crippen molar-refractivity contribution in [3.05, 3.63) is 46.5 Å². The summed E-state index contributed by atoms with van der Waals surface area (Å²) in [5.41, 5.74) is 3.73. The average molecular weight is 337 g/mol. The molecular weight excluding hydrogens is 314 g/mol. The largest absolute Gasteiger partial charge is 0.372 e. The van der Waals surface area contributed by atoms with Crippen molar-refractivity contribution in [2.24, 2.45) is 0 Å². The van der Waals surface area contributed by atoms with E-state index in [0.717, 1.165) is 29.9 Å². The molecule has 0 bridgehead atoms. The highest BCUT2D eigenvalue weighted by Crippen LogP contribution is 2.28. The van der Waals surface area contributed by atoms with Crippen LogP contribution in [0.3, 0.4) is 0 Å². The van der Waals surface area contributed by atoms with Crippen molar-refractivity contribution in [3.63, 3.8) is 0 Å². The molecule has 0 saturated carbocycles. The smallest absolute Gasteiger partial charge is 0.279 e. The van der Waals surface area contributed by atoms with Gasteiger partial charge in [0, 0.05) is 24.3 Å². The fourth-order valence-corrected chi connectivity index (χ4v) is 3.63. The Morgan fingerprint density at radius 3 is 2.48 bits per heavy atom. The fraction of sp³-hybridized carbons (Fsp3) is 0.421. The van der Waals surface area contributed by atoms with Gasteiger partial charge in [0.25, 0.3) is 5.56 Å². The Labute approximate surface area is 146 Å². The summed E-state index contributed by atoms with van der Waals surface area (Å²) in [6.07, 6.45) is 5.25. The Balaban J connectivity index is 1.78. The van der Waals surface area contributed by atoms with Crippen molar-refractivity contribution in [2.45, 2.75) is 39.0 Å². The van der Waals surface area contributed by atoms with Crippen LogP contribution in [0.4, 0.5) is 5.69 Å². The Hall–Kier alpha value is -2.63. The third-order valence-corrected chi connectivity index (χ3v) is 4.93. The van der Waals surface area contributed by atoms with Crippen molar-refractivity contribution in [2.75, 3.05) is 18.0 Å². The lowest BCUT2D eigenvalue weighted by Gasteiger charge is -2.29. The minimum atomic E-state index is -0.101. The summed E-state index contributed by atoms with van der Waals surface area (Å²) in [5, 5.41) is 4.03. The zero-order valence-corrected chi connectivity index (χ0v) is 14.7. The predicted molar refractivity (Wildman–Crippen MR) is 99.2 cm³/mol. The SMILES string of the molecule is CC(C)c1c(-c2ccc(N3CCCCC3)cc2)[nH]c2ncnn2c1=O. The summed E-state index contributed by atoms with van der Waals surface area (Å²) in [6.45, 7) is 6.30. The van der Waals surface area contributed by atoms with Gasteiger partial charge in [-0.05, 0) is 42.9 Å². The number of rotatable bonds is 3. The van der Waals surface area contributed by atoms with Crippen LogP contribution in [0.1, 0.15) is 44.6 Å². The molecule has 3 heterocycles. The van der Waals surface area contributed by atoms with Crippen LogP contribution in [0.25, 0.3) is 17.0 Å². The quantitative estimate of drug-likeness (QED) is 0.797. The molecule has 1 aromatic carbocycles. The van der Waals surface area contributed by atoms with E-state index in [1.807, 2.05) is 13.8 Å². The molecule has 25 heavy (non-hydrogen) atoms. The number of hydrogen-bond donors (Lipinski definition) is 1. The Bertz CT molecular complexity index is 933. The van der Waals surface area contributed by atoms with E-state index in [4.69, 9.17) is 0 Å². The molecule has 2 aromatic heterocycles. The van der Waals surface area contributed by atoms with Gasteiger partial charge in [0.1, 0.15) is 6.33 Å². The van der Waals surface area contributed by atoms with Gasteiger partial charge < -0.3 is 9.88 Å². The maximum absolute atomic E-state index is 12.8. The van der Waals surface area contributed by atoms with Crippen LogP contribution < -0.4 is 10.5 Å². The second-order valence-electron chi connectivity index (χ2n) is 6.96. The molecule has 130 valence electrons. The van der Waals surface area contributed by atoms with Crippen LogP contribution in [0, 0.1) is 0 Å². The second kappa shape index (κ2) is 6.35. The van der Waals surface area contributed by atoms with Gasteiger partial charge in [0.15, 0.2) is 0 Å². The maximum Gasteiger partial charge on any atom is 0.279 e. The predicted octanol–water partition coefficient (Wildman–Crippen LogP) is 3.20. The number of piperidine rings is 1. The molecule has 1 saturated heterocycles. The summed E-state index contributed by atoms with van der Waals surface area (Å²) in [5.74, 6) is 0.568. The van der Waals surface area contributed by atoms with E-state index in [1.54, 1.807) is 0 Å². The topological polar surface area (TPSA) is 66.3 Å². The molecule has 1 aliphatic rings. The number of H-pyrrole nitrogens is 1. The van der Waals surface area contributed by atoms with Gasteiger partial charge in [-0.1, -0.05) is 26.0 Å². The molecule has 4 rings (SSSR count). The third kappa shape index (κ3) is 2.81. The van der Waals surface area contributed by atoms with E-state index in [1.165, 1.54) is 35.8 Å². The third-order valence-electron chi connectivity index (χ3n) is 4.93. The molecule has 0 radical (unpaired) electrons. The molecule has 0 spiro atoms. The van der Waals surface area contributed by atoms with Crippen molar-refractivity contribution < 1.29 is 0 Å². The van der Waals surface area contributed by atoms with Gasteiger partial charge in [0.05, 0.1) is 5.69 Å². The minimum Gasteiger partial charge on any atom is -0.372 e. The first-order valence-electron chi connectivity index (χ1n) is 8.96. The van der Waals surface area contributed by atoms with E-state index >= 15 is 0 Å². The van der Waals surface area contributed by atoms with Gasteiger partial charge in [-0.15, -0.1) is 0 Å². The minimum absolute atomic E-state index is 0.0918. The molecule has 1 N–H and O–H groups in total. The lowest BCUT2D eigenvalue weighted by atomic mass is 9.98. The zero-order valence-electron chi connectivity index (χ0n) is 14.7. The van der Waals surface area contributed by atoms with E-state index in [0.29, 0.717) is 5.78 Å². The van der Waals surface area contributed by atoms with Crippen LogP contribution in [-0.2, 0) is 0 Å². The number of aromatic nitrogens is 4. The van der Waals surface area contributed by atoms with Gasteiger partial charge in [0.2, 0.25) is 5.78 Å². The van der Waals surface area contributed by atoms with E-state index in [9.17, 15) is 4.79 Å². The number of nitrogens with one attached hydrogen (secondary N) is 1. The van der Waals surface area contributed by atoms with E-state index in [2.05, 4.69) is 44.2 Å². The highest BCUT2D eigenvalue weighted by molar-refractivity contribution is 5.67. The summed E-state index contributed by atoms with van der Waals surface area (Å²) in [6, 6.07) is 8.48. The van der Waals surface area contributed by atoms with E-state index in [-0.39, 0.29) is 11.5 Å². The average Bonchev–Trinajstić information content (AvgIpc) is 3.11. The summed E-state index contributed by atoms with van der Waals surface area (Å²) in [7, 11) is 0. The molecule has 0 unspecified atom stereocenters. The Morgan fingerprint density at radius 1 is 1.08 bits per heavy atom. The van der Waals surface area contributed by atoms with Gasteiger partial charge >= 0.3 is 0 Å². The first-order valence-corrected chi connectivity index (χ1v) is 8.96. The molecule has 1 aliphatic heterocycles. The number of nitrogens with zero attached hydrogens (tertiary/aromatic N) is 4. The molecule has 3 aromatic rings.